The van der Waals surface area contributed by atoms with Crippen LogP contribution in [0.4, 0.5) is 0 Å². The molecule has 0 saturated carbocycles. The summed E-state index contributed by atoms with van der Waals surface area (Å²) in [5.41, 5.74) is -0.0974. The van der Waals surface area contributed by atoms with E-state index in [2.05, 4.69) is 4.74 Å². The zero-order chi connectivity index (χ0) is 15.6. The van der Waals surface area contributed by atoms with E-state index in [1.807, 2.05) is 0 Å². The first-order chi connectivity index (χ1) is 9.86. The van der Waals surface area contributed by atoms with Gasteiger partial charge in [0.05, 0.1) is 23.5 Å². The van der Waals surface area contributed by atoms with Crippen LogP contribution in [0, 0.1) is 5.92 Å². The number of ether oxygens (including phenoxy) is 1. The lowest BCUT2D eigenvalue weighted by Gasteiger charge is -2.16. The van der Waals surface area contributed by atoms with Crippen molar-refractivity contribution in [1.29, 1.82) is 0 Å². The maximum absolute atomic E-state index is 12.4. The Morgan fingerprint density at radius 3 is 2.71 bits per heavy atom. The van der Waals surface area contributed by atoms with E-state index < -0.39 is 27.9 Å². The maximum atomic E-state index is 12.4. The van der Waals surface area contributed by atoms with Gasteiger partial charge in [0.1, 0.15) is 0 Å². The summed E-state index contributed by atoms with van der Waals surface area (Å²) in [5, 5.41) is 8.92. The standard InChI is InChI=1S/C13H15NO6S/c1-20-13(17)10-5-6-14(8-10)21(18,19)11-4-2-3-9(7-11)12(15)16/h2-4,7,10H,5-6,8H2,1H3,(H,15,16). The number of rotatable bonds is 4. The van der Waals surface area contributed by atoms with Gasteiger partial charge in [-0.15, -0.1) is 0 Å². The van der Waals surface area contributed by atoms with E-state index in [1.54, 1.807) is 0 Å². The van der Waals surface area contributed by atoms with Gasteiger partial charge in [-0.1, -0.05) is 6.07 Å². The van der Waals surface area contributed by atoms with Gasteiger partial charge in [-0.3, -0.25) is 4.79 Å². The molecule has 21 heavy (non-hydrogen) atoms. The molecule has 7 nitrogen and oxygen atoms in total. The summed E-state index contributed by atoms with van der Waals surface area (Å²) in [6.45, 7) is 0.256. The number of sulfonamides is 1. The van der Waals surface area contributed by atoms with Crippen molar-refractivity contribution in [2.45, 2.75) is 11.3 Å². The van der Waals surface area contributed by atoms with Gasteiger partial charge >= 0.3 is 11.9 Å². The summed E-state index contributed by atoms with van der Waals surface area (Å²) in [7, 11) is -2.55. The fraction of sp³-hybridized carbons (Fsp3) is 0.385. The van der Waals surface area contributed by atoms with Crippen LogP contribution in [0.5, 0.6) is 0 Å². The molecule has 1 N–H and O–H groups in total. The number of nitrogens with zero attached hydrogens (tertiary/aromatic N) is 1. The topological polar surface area (TPSA) is 101 Å². The number of carbonyl (C=O) groups excluding carboxylic acids is 1. The van der Waals surface area contributed by atoms with Gasteiger partial charge in [0, 0.05) is 13.1 Å². The predicted octanol–water partition coefficient (Wildman–Crippen LogP) is 0.568. The van der Waals surface area contributed by atoms with Crippen LogP contribution in [0.15, 0.2) is 29.2 Å². The Morgan fingerprint density at radius 1 is 1.38 bits per heavy atom. The number of carbonyl (C=O) groups is 2. The molecule has 1 heterocycles. The quantitative estimate of drug-likeness (QED) is 0.815. The molecule has 1 unspecified atom stereocenters. The summed E-state index contributed by atoms with van der Waals surface area (Å²) in [4.78, 5) is 22.3. The molecule has 1 aliphatic rings. The van der Waals surface area contributed by atoms with Crippen molar-refractivity contribution in [3.63, 3.8) is 0 Å². The highest BCUT2D eigenvalue weighted by atomic mass is 32.2. The number of esters is 1. The highest BCUT2D eigenvalue weighted by Gasteiger charge is 2.36. The molecule has 1 atom stereocenters. The first-order valence-corrected chi connectivity index (χ1v) is 7.71. The van der Waals surface area contributed by atoms with Crippen molar-refractivity contribution in [2.24, 2.45) is 5.92 Å². The lowest BCUT2D eigenvalue weighted by Crippen LogP contribution is -2.30. The third kappa shape index (κ3) is 3.06. The van der Waals surface area contributed by atoms with Crippen LogP contribution >= 0.6 is 0 Å². The number of carboxylic acids is 1. The van der Waals surface area contributed by atoms with Gasteiger partial charge in [0.25, 0.3) is 0 Å². The minimum absolute atomic E-state index is 0.0479. The van der Waals surface area contributed by atoms with Crippen LogP contribution < -0.4 is 0 Å². The van der Waals surface area contributed by atoms with E-state index in [1.165, 1.54) is 29.6 Å². The van der Waals surface area contributed by atoms with Crippen molar-refractivity contribution in [3.05, 3.63) is 29.8 Å². The summed E-state index contributed by atoms with van der Waals surface area (Å²) < 4.78 is 30.7. The number of hydrogen-bond donors (Lipinski definition) is 1. The molecule has 0 amide bonds. The highest BCUT2D eigenvalue weighted by molar-refractivity contribution is 7.89. The van der Waals surface area contributed by atoms with E-state index in [0.29, 0.717) is 6.42 Å². The minimum Gasteiger partial charge on any atom is -0.478 e. The van der Waals surface area contributed by atoms with Gasteiger partial charge in [-0.2, -0.15) is 4.31 Å². The third-order valence-electron chi connectivity index (χ3n) is 3.40. The van der Waals surface area contributed by atoms with E-state index in [-0.39, 0.29) is 23.5 Å². The van der Waals surface area contributed by atoms with Gasteiger partial charge in [0.2, 0.25) is 10.0 Å². The Morgan fingerprint density at radius 2 is 2.10 bits per heavy atom. The smallest absolute Gasteiger partial charge is 0.335 e. The Bertz CT molecular complexity index is 669. The number of methoxy groups -OCH3 is 1. The van der Waals surface area contributed by atoms with Gasteiger partial charge in [0.15, 0.2) is 0 Å². The van der Waals surface area contributed by atoms with E-state index >= 15 is 0 Å². The van der Waals surface area contributed by atoms with Crippen LogP contribution in [0.3, 0.4) is 0 Å². The predicted molar refractivity (Wildman–Crippen MR) is 72.3 cm³/mol. The largest absolute Gasteiger partial charge is 0.478 e. The molecule has 1 aliphatic heterocycles. The summed E-state index contributed by atoms with van der Waals surface area (Å²) in [6.07, 6.45) is 0.393. The van der Waals surface area contributed by atoms with E-state index in [0.717, 1.165) is 6.07 Å². The molecule has 1 aromatic carbocycles. The van der Waals surface area contributed by atoms with E-state index in [4.69, 9.17) is 5.11 Å². The zero-order valence-corrected chi connectivity index (χ0v) is 12.2. The fourth-order valence-electron chi connectivity index (χ4n) is 2.24. The molecule has 1 saturated heterocycles. The Balaban J connectivity index is 2.25. The summed E-state index contributed by atoms with van der Waals surface area (Å²) >= 11 is 0. The van der Waals surface area contributed by atoms with Crippen molar-refractivity contribution in [1.82, 2.24) is 4.31 Å². The van der Waals surface area contributed by atoms with Crippen molar-refractivity contribution < 1.29 is 27.9 Å². The number of carboxylic acid groups (broad SMARTS) is 1. The minimum atomic E-state index is -3.81. The molecule has 2 rings (SSSR count). The lowest BCUT2D eigenvalue weighted by molar-refractivity contribution is -0.144. The van der Waals surface area contributed by atoms with Crippen LogP contribution in [0.2, 0.25) is 0 Å². The normalized spacial score (nSPS) is 19.4. The Labute approximate surface area is 122 Å². The van der Waals surface area contributed by atoms with Crippen LogP contribution in [0.1, 0.15) is 16.8 Å². The average molecular weight is 313 g/mol. The number of benzene rings is 1. The van der Waals surface area contributed by atoms with Crippen molar-refractivity contribution in [3.8, 4) is 0 Å². The molecule has 0 bridgehead atoms. The summed E-state index contributed by atoms with van der Waals surface area (Å²) in [5.74, 6) is -2.11. The van der Waals surface area contributed by atoms with Crippen LogP contribution in [-0.4, -0.2) is 50.0 Å². The highest BCUT2D eigenvalue weighted by Crippen LogP contribution is 2.25. The first kappa shape index (κ1) is 15.5. The SMILES string of the molecule is COC(=O)C1CCN(S(=O)(=O)c2cccc(C(=O)O)c2)C1. The van der Waals surface area contributed by atoms with Crippen molar-refractivity contribution in [2.75, 3.05) is 20.2 Å². The zero-order valence-electron chi connectivity index (χ0n) is 11.4. The average Bonchev–Trinajstić information content (AvgIpc) is 2.97. The van der Waals surface area contributed by atoms with Gasteiger partial charge < -0.3 is 9.84 Å². The Kier molecular flexibility index (Phi) is 4.29. The molecular weight excluding hydrogens is 298 g/mol. The molecule has 8 heteroatoms. The van der Waals surface area contributed by atoms with Gasteiger partial charge in [-0.05, 0) is 24.6 Å². The second-order valence-corrected chi connectivity index (χ2v) is 6.64. The monoisotopic (exact) mass is 313 g/mol. The molecule has 1 aromatic rings. The van der Waals surface area contributed by atoms with E-state index in [9.17, 15) is 18.0 Å². The molecule has 1 fully saturated rings. The molecule has 114 valence electrons. The lowest BCUT2D eigenvalue weighted by atomic mass is 10.1. The number of aromatic carboxylic acids is 1. The van der Waals surface area contributed by atoms with Crippen LogP contribution in [0.25, 0.3) is 0 Å². The summed E-state index contributed by atoms with van der Waals surface area (Å²) in [6, 6.07) is 5.16. The maximum Gasteiger partial charge on any atom is 0.335 e. The molecule has 0 spiro atoms. The first-order valence-electron chi connectivity index (χ1n) is 6.27. The third-order valence-corrected chi connectivity index (χ3v) is 5.27. The molecular formula is C13H15NO6S. The van der Waals surface area contributed by atoms with Crippen LogP contribution in [-0.2, 0) is 19.6 Å². The molecule has 0 aliphatic carbocycles. The fourth-order valence-corrected chi connectivity index (χ4v) is 3.79. The molecule has 0 radical (unpaired) electrons. The second kappa shape index (κ2) is 5.82. The van der Waals surface area contributed by atoms with Gasteiger partial charge in [-0.25, -0.2) is 13.2 Å². The second-order valence-electron chi connectivity index (χ2n) is 4.70. The molecule has 0 aromatic heterocycles. The Hall–Kier alpha value is -1.93. The van der Waals surface area contributed by atoms with Crippen molar-refractivity contribution >= 4 is 22.0 Å². The number of hydrogen-bond acceptors (Lipinski definition) is 5.